The molecule has 1 heterocycles. The standard InChI is InChI=1S/C16H24FNO/c1-4-18-16(13-5-7-19-8-6-13)15-11(2)9-14(17)10-12(15)3/h9-10,13,16,18H,4-8H2,1-3H3. The number of benzene rings is 1. The third kappa shape index (κ3) is 3.34. The second kappa shape index (κ2) is 6.49. The third-order valence-corrected chi connectivity index (χ3v) is 4.03. The molecule has 1 aromatic carbocycles. The van der Waals surface area contributed by atoms with Gasteiger partial charge < -0.3 is 10.1 Å². The van der Waals surface area contributed by atoms with Gasteiger partial charge in [-0.1, -0.05) is 6.92 Å². The van der Waals surface area contributed by atoms with E-state index in [-0.39, 0.29) is 5.82 Å². The maximum absolute atomic E-state index is 13.5. The summed E-state index contributed by atoms with van der Waals surface area (Å²) >= 11 is 0. The van der Waals surface area contributed by atoms with Crippen LogP contribution in [-0.2, 0) is 4.74 Å². The zero-order valence-corrected chi connectivity index (χ0v) is 12.1. The Morgan fingerprint density at radius 1 is 1.26 bits per heavy atom. The van der Waals surface area contributed by atoms with Crippen molar-refractivity contribution < 1.29 is 9.13 Å². The third-order valence-electron chi connectivity index (χ3n) is 4.03. The highest BCUT2D eigenvalue weighted by molar-refractivity contribution is 5.37. The summed E-state index contributed by atoms with van der Waals surface area (Å²) in [7, 11) is 0. The molecule has 1 atom stereocenters. The predicted octanol–water partition coefficient (Wildman–Crippen LogP) is 3.52. The van der Waals surface area contributed by atoms with E-state index in [1.54, 1.807) is 12.1 Å². The first-order chi connectivity index (χ1) is 9.13. The van der Waals surface area contributed by atoms with Crippen LogP contribution >= 0.6 is 0 Å². The Morgan fingerprint density at radius 3 is 2.37 bits per heavy atom. The SMILES string of the molecule is CCNC(c1c(C)cc(F)cc1C)C1CCOCC1. The summed E-state index contributed by atoms with van der Waals surface area (Å²) in [6.45, 7) is 8.75. The van der Waals surface area contributed by atoms with Gasteiger partial charge in [0.2, 0.25) is 0 Å². The van der Waals surface area contributed by atoms with Gasteiger partial charge in [0.05, 0.1) is 0 Å². The maximum Gasteiger partial charge on any atom is 0.123 e. The van der Waals surface area contributed by atoms with Gasteiger partial charge >= 0.3 is 0 Å². The summed E-state index contributed by atoms with van der Waals surface area (Å²) in [5.41, 5.74) is 3.38. The van der Waals surface area contributed by atoms with Crippen LogP contribution in [0.3, 0.4) is 0 Å². The molecule has 0 aromatic heterocycles. The molecule has 1 N–H and O–H groups in total. The molecule has 1 aliphatic heterocycles. The summed E-state index contributed by atoms with van der Waals surface area (Å²) in [4.78, 5) is 0. The van der Waals surface area contributed by atoms with Gasteiger partial charge in [-0.2, -0.15) is 0 Å². The molecule has 2 nitrogen and oxygen atoms in total. The topological polar surface area (TPSA) is 21.3 Å². The normalized spacial score (nSPS) is 18.5. The highest BCUT2D eigenvalue weighted by Gasteiger charge is 2.27. The van der Waals surface area contributed by atoms with Crippen molar-refractivity contribution in [3.05, 3.63) is 34.6 Å². The first-order valence-electron chi connectivity index (χ1n) is 7.21. The largest absolute Gasteiger partial charge is 0.381 e. The first kappa shape index (κ1) is 14.5. The molecule has 19 heavy (non-hydrogen) atoms. The Balaban J connectivity index is 2.32. The Hall–Kier alpha value is -0.930. The lowest BCUT2D eigenvalue weighted by Gasteiger charge is -2.33. The lowest BCUT2D eigenvalue weighted by Crippen LogP contribution is -2.33. The zero-order valence-electron chi connectivity index (χ0n) is 12.1. The van der Waals surface area contributed by atoms with Crippen molar-refractivity contribution in [3.63, 3.8) is 0 Å². The van der Waals surface area contributed by atoms with Crippen LogP contribution in [0.4, 0.5) is 4.39 Å². The fraction of sp³-hybridized carbons (Fsp3) is 0.625. The number of hydrogen-bond acceptors (Lipinski definition) is 2. The summed E-state index contributed by atoms with van der Waals surface area (Å²) < 4.78 is 18.9. The van der Waals surface area contributed by atoms with E-state index in [1.165, 1.54) is 5.56 Å². The van der Waals surface area contributed by atoms with Crippen molar-refractivity contribution in [2.45, 2.75) is 39.7 Å². The second-order valence-corrected chi connectivity index (χ2v) is 5.44. The molecular weight excluding hydrogens is 241 g/mol. The number of hydrogen-bond donors (Lipinski definition) is 1. The predicted molar refractivity (Wildman–Crippen MR) is 75.8 cm³/mol. The molecule has 106 valence electrons. The molecule has 1 fully saturated rings. The lowest BCUT2D eigenvalue weighted by molar-refractivity contribution is 0.0536. The quantitative estimate of drug-likeness (QED) is 0.899. The smallest absolute Gasteiger partial charge is 0.123 e. The van der Waals surface area contributed by atoms with Crippen molar-refractivity contribution in [3.8, 4) is 0 Å². The molecular formula is C16H24FNO. The van der Waals surface area contributed by atoms with Gasteiger partial charge in [0.1, 0.15) is 5.82 Å². The number of nitrogens with one attached hydrogen (secondary N) is 1. The van der Waals surface area contributed by atoms with Gasteiger partial charge in [-0.25, -0.2) is 4.39 Å². The van der Waals surface area contributed by atoms with Gasteiger partial charge in [-0.3, -0.25) is 0 Å². The second-order valence-electron chi connectivity index (χ2n) is 5.44. The fourth-order valence-corrected chi connectivity index (χ4v) is 3.19. The molecule has 3 heteroatoms. The average molecular weight is 265 g/mol. The number of halogens is 1. The van der Waals surface area contributed by atoms with Crippen molar-refractivity contribution in [1.82, 2.24) is 5.32 Å². The summed E-state index contributed by atoms with van der Waals surface area (Å²) in [6.07, 6.45) is 2.15. The van der Waals surface area contributed by atoms with Crippen LogP contribution in [0.1, 0.15) is 42.5 Å². The van der Waals surface area contributed by atoms with Crippen LogP contribution in [0, 0.1) is 25.6 Å². The van der Waals surface area contributed by atoms with Gasteiger partial charge in [-0.15, -0.1) is 0 Å². The molecule has 2 rings (SSSR count). The van der Waals surface area contributed by atoms with Gasteiger partial charge in [-0.05, 0) is 68.0 Å². The van der Waals surface area contributed by atoms with Crippen molar-refractivity contribution in [1.29, 1.82) is 0 Å². The number of aryl methyl sites for hydroxylation is 2. The molecule has 0 aliphatic carbocycles. The van der Waals surface area contributed by atoms with E-state index < -0.39 is 0 Å². The van der Waals surface area contributed by atoms with E-state index in [2.05, 4.69) is 12.2 Å². The Bertz CT molecular complexity index is 404. The molecule has 0 amide bonds. The summed E-state index contributed by atoms with van der Waals surface area (Å²) in [5, 5.41) is 3.59. The van der Waals surface area contributed by atoms with Crippen LogP contribution in [0.5, 0.6) is 0 Å². The van der Waals surface area contributed by atoms with E-state index in [9.17, 15) is 4.39 Å². The molecule has 1 saturated heterocycles. The molecule has 1 aromatic rings. The minimum absolute atomic E-state index is 0.138. The van der Waals surface area contributed by atoms with E-state index >= 15 is 0 Å². The summed E-state index contributed by atoms with van der Waals surface area (Å²) in [5.74, 6) is 0.442. The summed E-state index contributed by atoms with van der Waals surface area (Å²) in [6, 6.07) is 3.60. The highest BCUT2D eigenvalue weighted by atomic mass is 19.1. The minimum atomic E-state index is -0.138. The molecule has 0 radical (unpaired) electrons. The van der Waals surface area contributed by atoms with Crippen molar-refractivity contribution in [2.24, 2.45) is 5.92 Å². The van der Waals surface area contributed by atoms with E-state index in [0.29, 0.717) is 12.0 Å². The number of rotatable bonds is 4. The average Bonchev–Trinajstić information content (AvgIpc) is 2.37. The van der Waals surface area contributed by atoms with Gasteiger partial charge in [0, 0.05) is 19.3 Å². The van der Waals surface area contributed by atoms with Gasteiger partial charge in [0.15, 0.2) is 0 Å². The fourth-order valence-electron chi connectivity index (χ4n) is 3.19. The van der Waals surface area contributed by atoms with Crippen LogP contribution < -0.4 is 5.32 Å². The van der Waals surface area contributed by atoms with Crippen molar-refractivity contribution >= 4 is 0 Å². The van der Waals surface area contributed by atoms with Crippen LogP contribution in [0.2, 0.25) is 0 Å². The monoisotopic (exact) mass is 265 g/mol. The lowest BCUT2D eigenvalue weighted by atomic mass is 9.83. The Labute approximate surface area is 115 Å². The molecule has 1 unspecified atom stereocenters. The molecule has 1 aliphatic rings. The van der Waals surface area contributed by atoms with E-state index in [4.69, 9.17) is 4.74 Å². The Kier molecular flexibility index (Phi) is 4.94. The van der Waals surface area contributed by atoms with Crippen LogP contribution in [0.25, 0.3) is 0 Å². The first-order valence-corrected chi connectivity index (χ1v) is 7.21. The molecule has 0 spiro atoms. The number of ether oxygens (including phenoxy) is 1. The van der Waals surface area contributed by atoms with Crippen LogP contribution in [0.15, 0.2) is 12.1 Å². The molecule has 0 bridgehead atoms. The maximum atomic E-state index is 13.5. The minimum Gasteiger partial charge on any atom is -0.381 e. The van der Waals surface area contributed by atoms with Crippen LogP contribution in [-0.4, -0.2) is 19.8 Å². The van der Waals surface area contributed by atoms with E-state index in [1.807, 2.05) is 13.8 Å². The highest BCUT2D eigenvalue weighted by Crippen LogP contribution is 2.34. The van der Waals surface area contributed by atoms with Gasteiger partial charge in [0.25, 0.3) is 0 Å². The Morgan fingerprint density at radius 2 is 1.84 bits per heavy atom. The molecule has 0 saturated carbocycles. The van der Waals surface area contributed by atoms with E-state index in [0.717, 1.165) is 43.7 Å². The zero-order chi connectivity index (χ0) is 13.8. The van der Waals surface area contributed by atoms with Crippen molar-refractivity contribution in [2.75, 3.05) is 19.8 Å².